The Labute approximate surface area is 133 Å². The highest BCUT2D eigenvalue weighted by Crippen LogP contribution is 2.33. The summed E-state index contributed by atoms with van der Waals surface area (Å²) in [6.07, 6.45) is 2.11. The molecule has 0 aliphatic heterocycles. The van der Waals surface area contributed by atoms with Gasteiger partial charge in [0.2, 0.25) is 0 Å². The van der Waals surface area contributed by atoms with E-state index in [2.05, 4.69) is 13.8 Å². The van der Waals surface area contributed by atoms with Crippen molar-refractivity contribution in [3.63, 3.8) is 0 Å². The predicted octanol–water partition coefficient (Wildman–Crippen LogP) is 4.86. The molecule has 0 amide bonds. The first-order chi connectivity index (χ1) is 9.62. The van der Waals surface area contributed by atoms with Crippen LogP contribution in [-0.2, 0) is 9.05 Å². The van der Waals surface area contributed by atoms with Crippen molar-refractivity contribution in [1.29, 1.82) is 0 Å². The molecule has 1 rings (SSSR count). The summed E-state index contributed by atoms with van der Waals surface area (Å²) >= 11 is 0. The Hall–Kier alpha value is -0.740. The molecule has 0 unspecified atom stereocenters. The Morgan fingerprint density at radius 2 is 1.81 bits per heavy atom. The average molecular weight is 333 g/mol. The lowest BCUT2D eigenvalue weighted by Gasteiger charge is -2.16. The van der Waals surface area contributed by atoms with Crippen LogP contribution in [0.5, 0.6) is 5.75 Å². The minimum absolute atomic E-state index is 0.0622. The molecule has 0 N–H and O–H groups in total. The number of rotatable bonds is 7. The van der Waals surface area contributed by atoms with Gasteiger partial charge in [0.15, 0.2) is 0 Å². The third kappa shape index (κ3) is 5.51. The minimum atomic E-state index is -3.74. The van der Waals surface area contributed by atoms with Gasteiger partial charge >= 0.3 is 0 Å². The van der Waals surface area contributed by atoms with Crippen molar-refractivity contribution < 1.29 is 13.2 Å². The van der Waals surface area contributed by atoms with Crippen LogP contribution in [0.1, 0.15) is 57.6 Å². The molecule has 1 aromatic rings. The standard InChI is InChI=1S/C16H25ClO3S/c1-11(2)7-6-8-20-15-10-14(12(3)4)16(9-13(15)5)21(17,18)19/h9-12H,6-8H2,1-5H3. The highest BCUT2D eigenvalue weighted by atomic mass is 35.7. The van der Waals surface area contributed by atoms with Gasteiger partial charge in [-0.15, -0.1) is 0 Å². The molecular weight excluding hydrogens is 308 g/mol. The van der Waals surface area contributed by atoms with Gasteiger partial charge in [-0.2, -0.15) is 0 Å². The van der Waals surface area contributed by atoms with E-state index >= 15 is 0 Å². The summed E-state index contributed by atoms with van der Waals surface area (Å²) < 4.78 is 29.2. The van der Waals surface area contributed by atoms with E-state index < -0.39 is 9.05 Å². The van der Waals surface area contributed by atoms with Crippen LogP contribution in [0, 0.1) is 12.8 Å². The topological polar surface area (TPSA) is 43.4 Å². The number of hydrogen-bond acceptors (Lipinski definition) is 3. The van der Waals surface area contributed by atoms with E-state index in [1.807, 2.05) is 26.8 Å². The van der Waals surface area contributed by atoms with Gasteiger partial charge in [0.1, 0.15) is 5.75 Å². The van der Waals surface area contributed by atoms with E-state index in [0.717, 1.165) is 24.2 Å². The van der Waals surface area contributed by atoms with Crippen molar-refractivity contribution >= 4 is 19.7 Å². The fourth-order valence-electron chi connectivity index (χ4n) is 2.17. The molecule has 0 bridgehead atoms. The number of aryl methyl sites for hydroxylation is 1. The van der Waals surface area contributed by atoms with Crippen molar-refractivity contribution in [2.24, 2.45) is 5.92 Å². The zero-order valence-electron chi connectivity index (χ0n) is 13.4. The van der Waals surface area contributed by atoms with E-state index in [1.54, 1.807) is 6.07 Å². The number of benzene rings is 1. The Bertz CT molecular complexity index is 577. The quantitative estimate of drug-likeness (QED) is 0.529. The Morgan fingerprint density at radius 1 is 1.19 bits per heavy atom. The SMILES string of the molecule is Cc1cc(S(=O)(=O)Cl)c(C(C)C)cc1OCCCC(C)C. The molecule has 120 valence electrons. The number of halogens is 1. The van der Waals surface area contributed by atoms with E-state index in [0.29, 0.717) is 18.1 Å². The lowest BCUT2D eigenvalue weighted by atomic mass is 10.0. The fourth-order valence-corrected chi connectivity index (χ4v) is 3.46. The maximum Gasteiger partial charge on any atom is 0.261 e. The molecule has 1 aromatic carbocycles. The van der Waals surface area contributed by atoms with E-state index in [-0.39, 0.29) is 10.8 Å². The average Bonchev–Trinajstić information content (AvgIpc) is 2.33. The second kappa shape index (κ2) is 7.50. The van der Waals surface area contributed by atoms with Gasteiger partial charge in [-0.05, 0) is 54.9 Å². The summed E-state index contributed by atoms with van der Waals surface area (Å²) in [5.74, 6) is 1.46. The fraction of sp³-hybridized carbons (Fsp3) is 0.625. The van der Waals surface area contributed by atoms with Crippen LogP contribution in [0.2, 0.25) is 0 Å². The molecule has 0 saturated carbocycles. The third-order valence-electron chi connectivity index (χ3n) is 3.38. The lowest BCUT2D eigenvalue weighted by molar-refractivity contribution is 0.295. The summed E-state index contributed by atoms with van der Waals surface area (Å²) in [5, 5.41) is 0. The van der Waals surface area contributed by atoms with Crippen LogP contribution in [0.25, 0.3) is 0 Å². The highest BCUT2D eigenvalue weighted by Gasteiger charge is 2.20. The molecule has 3 nitrogen and oxygen atoms in total. The maximum absolute atomic E-state index is 11.7. The van der Waals surface area contributed by atoms with Crippen LogP contribution in [0.15, 0.2) is 17.0 Å². The molecule has 0 aliphatic carbocycles. The second-order valence-electron chi connectivity index (χ2n) is 6.13. The minimum Gasteiger partial charge on any atom is -0.493 e. The molecule has 0 atom stereocenters. The van der Waals surface area contributed by atoms with Crippen molar-refractivity contribution in [3.05, 3.63) is 23.3 Å². The normalized spacial score (nSPS) is 12.2. The van der Waals surface area contributed by atoms with Crippen LogP contribution >= 0.6 is 10.7 Å². The van der Waals surface area contributed by atoms with Crippen LogP contribution < -0.4 is 4.74 Å². The number of hydrogen-bond donors (Lipinski definition) is 0. The molecule has 0 radical (unpaired) electrons. The van der Waals surface area contributed by atoms with E-state index in [1.165, 1.54) is 0 Å². The zero-order chi connectivity index (χ0) is 16.2. The lowest BCUT2D eigenvalue weighted by Crippen LogP contribution is -2.05. The van der Waals surface area contributed by atoms with Gasteiger partial charge in [0.25, 0.3) is 9.05 Å². The monoisotopic (exact) mass is 332 g/mol. The highest BCUT2D eigenvalue weighted by molar-refractivity contribution is 8.13. The summed E-state index contributed by atoms with van der Waals surface area (Å²) in [5.41, 5.74) is 1.50. The van der Waals surface area contributed by atoms with Gasteiger partial charge in [-0.1, -0.05) is 27.7 Å². The molecule has 0 spiro atoms. The third-order valence-corrected chi connectivity index (χ3v) is 4.75. The van der Waals surface area contributed by atoms with Crippen molar-refractivity contribution in [1.82, 2.24) is 0 Å². The number of ether oxygens (including phenoxy) is 1. The zero-order valence-corrected chi connectivity index (χ0v) is 15.0. The summed E-state index contributed by atoms with van der Waals surface area (Å²) in [6.45, 7) is 10.7. The molecule has 0 saturated heterocycles. The Balaban J connectivity index is 3.00. The molecule has 0 fully saturated rings. The smallest absolute Gasteiger partial charge is 0.261 e. The molecule has 5 heteroatoms. The van der Waals surface area contributed by atoms with Crippen molar-refractivity contribution in [2.75, 3.05) is 6.61 Å². The molecule has 0 aromatic heterocycles. The van der Waals surface area contributed by atoms with E-state index in [4.69, 9.17) is 15.4 Å². The molecule has 0 aliphatic rings. The van der Waals surface area contributed by atoms with Gasteiger partial charge in [0.05, 0.1) is 11.5 Å². The van der Waals surface area contributed by atoms with Crippen LogP contribution in [0.3, 0.4) is 0 Å². The van der Waals surface area contributed by atoms with Gasteiger partial charge in [-0.3, -0.25) is 0 Å². The first-order valence-corrected chi connectivity index (χ1v) is 9.65. The Morgan fingerprint density at radius 3 is 2.29 bits per heavy atom. The van der Waals surface area contributed by atoms with Gasteiger partial charge < -0.3 is 4.74 Å². The van der Waals surface area contributed by atoms with Crippen molar-refractivity contribution in [2.45, 2.75) is 58.3 Å². The first-order valence-electron chi connectivity index (χ1n) is 7.35. The summed E-state index contributed by atoms with van der Waals surface area (Å²) in [7, 11) is 1.79. The molecular formula is C16H25ClO3S. The summed E-state index contributed by atoms with van der Waals surface area (Å²) in [4.78, 5) is 0.186. The first kappa shape index (κ1) is 18.3. The Kier molecular flexibility index (Phi) is 6.54. The predicted molar refractivity (Wildman–Crippen MR) is 87.9 cm³/mol. The van der Waals surface area contributed by atoms with Crippen molar-refractivity contribution in [3.8, 4) is 5.75 Å². The summed E-state index contributed by atoms with van der Waals surface area (Å²) in [6, 6.07) is 3.42. The molecule has 0 heterocycles. The van der Waals surface area contributed by atoms with E-state index in [9.17, 15) is 8.42 Å². The second-order valence-corrected chi connectivity index (χ2v) is 8.67. The maximum atomic E-state index is 11.7. The van der Waals surface area contributed by atoms with Crippen LogP contribution in [0.4, 0.5) is 0 Å². The molecule has 21 heavy (non-hydrogen) atoms. The van der Waals surface area contributed by atoms with Crippen LogP contribution in [-0.4, -0.2) is 15.0 Å². The largest absolute Gasteiger partial charge is 0.493 e. The van der Waals surface area contributed by atoms with Gasteiger partial charge in [0, 0.05) is 10.7 Å². The van der Waals surface area contributed by atoms with Gasteiger partial charge in [-0.25, -0.2) is 8.42 Å².